The molecule has 3 heterocycles. The Morgan fingerprint density at radius 2 is 1.80 bits per heavy atom. The van der Waals surface area contributed by atoms with E-state index in [1.807, 2.05) is 24.0 Å². The van der Waals surface area contributed by atoms with Gasteiger partial charge in [-0.05, 0) is 32.6 Å². The minimum Gasteiger partial charge on any atom is -0.360 e. The maximum atomic E-state index is 12.8. The molecule has 2 saturated carbocycles. The molecule has 3 fully saturated rings. The van der Waals surface area contributed by atoms with Gasteiger partial charge in [-0.3, -0.25) is 4.79 Å². The number of hydrogen-bond donors (Lipinski definition) is 1. The summed E-state index contributed by atoms with van der Waals surface area (Å²) in [6.45, 7) is 4.81. The number of nitrogens with zero attached hydrogens (tertiary/aromatic N) is 5. The van der Waals surface area contributed by atoms with Crippen LogP contribution in [0.25, 0.3) is 0 Å². The minimum absolute atomic E-state index is 0.0381. The van der Waals surface area contributed by atoms with Crippen molar-refractivity contribution >= 4 is 17.7 Å². The Morgan fingerprint density at radius 3 is 2.53 bits per heavy atom. The van der Waals surface area contributed by atoms with Crippen LogP contribution in [0.5, 0.6) is 0 Å². The topological polar surface area (TPSA) is 87.4 Å². The smallest absolute Gasteiger partial charge is 0.276 e. The van der Waals surface area contributed by atoms with E-state index in [0.29, 0.717) is 30.7 Å². The van der Waals surface area contributed by atoms with Gasteiger partial charge >= 0.3 is 0 Å². The molecule has 2 aliphatic carbocycles. The largest absolute Gasteiger partial charge is 0.360 e. The number of piperazine rings is 1. The second-order valence-corrected chi connectivity index (χ2v) is 8.84. The molecule has 2 aromatic heterocycles. The van der Waals surface area contributed by atoms with Crippen LogP contribution < -0.4 is 10.2 Å². The Bertz CT molecular complexity index is 895. The Morgan fingerprint density at radius 1 is 1.03 bits per heavy atom. The molecule has 2 aromatic rings. The molecule has 30 heavy (non-hydrogen) atoms. The highest BCUT2D eigenvalue weighted by molar-refractivity contribution is 5.92. The van der Waals surface area contributed by atoms with Crippen LogP contribution in [0.15, 0.2) is 16.7 Å². The molecule has 160 valence electrons. The van der Waals surface area contributed by atoms with E-state index >= 15 is 0 Å². The number of rotatable bonds is 5. The number of hydrogen-bond acceptors (Lipinski definition) is 7. The second kappa shape index (κ2) is 8.24. The maximum Gasteiger partial charge on any atom is 0.276 e. The van der Waals surface area contributed by atoms with Gasteiger partial charge in [0.1, 0.15) is 11.6 Å². The molecule has 0 radical (unpaired) electrons. The number of aromatic nitrogens is 3. The van der Waals surface area contributed by atoms with Crippen molar-refractivity contribution in [3.05, 3.63) is 29.3 Å². The minimum atomic E-state index is -0.0381. The summed E-state index contributed by atoms with van der Waals surface area (Å²) in [7, 11) is 0. The quantitative estimate of drug-likeness (QED) is 0.809. The van der Waals surface area contributed by atoms with Gasteiger partial charge in [-0.2, -0.15) is 4.98 Å². The first kappa shape index (κ1) is 19.3. The molecule has 0 atom stereocenters. The summed E-state index contributed by atoms with van der Waals surface area (Å²) in [5.41, 5.74) is 1.40. The fourth-order valence-corrected chi connectivity index (χ4v) is 4.46. The molecule has 0 spiro atoms. The van der Waals surface area contributed by atoms with Gasteiger partial charge in [0.15, 0.2) is 5.69 Å². The van der Waals surface area contributed by atoms with Crippen molar-refractivity contribution in [1.29, 1.82) is 0 Å². The average molecular weight is 411 g/mol. The van der Waals surface area contributed by atoms with Gasteiger partial charge in [0.05, 0.1) is 0 Å². The summed E-state index contributed by atoms with van der Waals surface area (Å²) in [6, 6.07) is 4.33. The predicted molar refractivity (Wildman–Crippen MR) is 114 cm³/mol. The van der Waals surface area contributed by atoms with Crippen LogP contribution >= 0.6 is 0 Å². The highest BCUT2D eigenvalue weighted by Gasteiger charge is 2.31. The monoisotopic (exact) mass is 410 g/mol. The molecule has 1 aliphatic heterocycles. The van der Waals surface area contributed by atoms with Crippen LogP contribution in [0.2, 0.25) is 0 Å². The van der Waals surface area contributed by atoms with Crippen molar-refractivity contribution in [2.75, 3.05) is 36.4 Å². The van der Waals surface area contributed by atoms with Crippen molar-refractivity contribution in [3.8, 4) is 0 Å². The van der Waals surface area contributed by atoms with Crippen LogP contribution in [-0.4, -0.2) is 58.2 Å². The first-order chi connectivity index (χ1) is 14.7. The van der Waals surface area contributed by atoms with Crippen LogP contribution in [0.3, 0.4) is 0 Å². The number of anilines is 2. The van der Waals surface area contributed by atoms with Gasteiger partial charge in [-0.1, -0.05) is 24.4 Å². The molecule has 0 bridgehead atoms. The van der Waals surface area contributed by atoms with Crippen molar-refractivity contribution in [3.63, 3.8) is 0 Å². The summed E-state index contributed by atoms with van der Waals surface area (Å²) < 4.78 is 5.35. The van der Waals surface area contributed by atoms with Gasteiger partial charge in [0.2, 0.25) is 5.95 Å². The maximum absolute atomic E-state index is 12.8. The van der Waals surface area contributed by atoms with E-state index in [2.05, 4.69) is 20.4 Å². The zero-order valence-electron chi connectivity index (χ0n) is 17.6. The second-order valence-electron chi connectivity index (χ2n) is 8.84. The first-order valence-electron chi connectivity index (χ1n) is 11.3. The molecule has 5 rings (SSSR count). The third kappa shape index (κ3) is 4.27. The van der Waals surface area contributed by atoms with E-state index < -0.39 is 0 Å². The fraction of sp³-hybridized carbons (Fsp3) is 0.636. The molecule has 1 saturated heterocycles. The Hall–Kier alpha value is -2.64. The van der Waals surface area contributed by atoms with Crippen molar-refractivity contribution in [1.82, 2.24) is 20.0 Å². The number of nitrogens with one attached hydrogen (secondary N) is 1. The Kier molecular flexibility index (Phi) is 5.31. The zero-order chi connectivity index (χ0) is 20.5. The van der Waals surface area contributed by atoms with Crippen LogP contribution in [-0.2, 0) is 0 Å². The van der Waals surface area contributed by atoms with E-state index in [9.17, 15) is 4.79 Å². The number of carbonyl (C=O) groups is 1. The van der Waals surface area contributed by atoms with E-state index in [-0.39, 0.29) is 5.91 Å². The van der Waals surface area contributed by atoms with Gasteiger partial charge in [0.25, 0.3) is 5.91 Å². The normalized spacial score (nSPS) is 20.4. The Balaban J connectivity index is 1.20. The third-order valence-corrected chi connectivity index (χ3v) is 6.40. The van der Waals surface area contributed by atoms with Crippen molar-refractivity contribution < 1.29 is 9.32 Å². The van der Waals surface area contributed by atoms with Crippen LogP contribution in [0.4, 0.5) is 11.8 Å². The SMILES string of the molecule is Cc1cc(N2CCN(C(=O)c3cc(C4CC4)on3)CC2)nc(NC2CCCCC2)n1. The average Bonchev–Trinajstić information content (AvgIpc) is 3.50. The van der Waals surface area contributed by atoms with E-state index in [1.165, 1.54) is 32.1 Å². The molecule has 0 unspecified atom stereocenters. The Labute approximate surface area is 177 Å². The van der Waals surface area contributed by atoms with E-state index in [0.717, 1.165) is 49.2 Å². The summed E-state index contributed by atoms with van der Waals surface area (Å²) in [5.74, 6) is 2.94. The predicted octanol–water partition coefficient (Wildman–Crippen LogP) is 3.36. The van der Waals surface area contributed by atoms with E-state index in [1.54, 1.807) is 0 Å². The number of amides is 1. The summed E-state index contributed by atoms with van der Waals surface area (Å²) in [6.07, 6.45) is 8.54. The van der Waals surface area contributed by atoms with Crippen LogP contribution in [0, 0.1) is 6.92 Å². The molecular formula is C22H30N6O2. The molecule has 1 N–H and O–H groups in total. The standard InChI is InChI=1S/C22H30N6O2/c1-15-13-20(25-22(23-15)24-17-5-3-2-4-6-17)27-9-11-28(12-10-27)21(29)18-14-19(30-26-18)16-7-8-16/h13-14,16-17H,2-12H2,1H3,(H,23,24,25). The molecule has 1 amide bonds. The lowest BCUT2D eigenvalue weighted by atomic mass is 9.96. The third-order valence-electron chi connectivity index (χ3n) is 6.40. The number of carbonyl (C=O) groups excluding carboxylic acids is 1. The highest BCUT2D eigenvalue weighted by Crippen LogP contribution is 2.40. The fourth-order valence-electron chi connectivity index (χ4n) is 4.46. The first-order valence-corrected chi connectivity index (χ1v) is 11.3. The van der Waals surface area contributed by atoms with Gasteiger partial charge in [-0.15, -0.1) is 0 Å². The van der Waals surface area contributed by atoms with Gasteiger partial charge < -0.3 is 19.6 Å². The summed E-state index contributed by atoms with van der Waals surface area (Å²) in [5, 5.41) is 7.53. The van der Waals surface area contributed by atoms with E-state index in [4.69, 9.17) is 9.51 Å². The molecular weight excluding hydrogens is 380 g/mol. The zero-order valence-corrected chi connectivity index (χ0v) is 17.6. The molecule has 0 aromatic carbocycles. The van der Waals surface area contributed by atoms with Gasteiger partial charge in [-0.25, -0.2) is 4.98 Å². The lowest BCUT2D eigenvalue weighted by Crippen LogP contribution is -2.49. The van der Waals surface area contributed by atoms with Crippen molar-refractivity contribution in [2.24, 2.45) is 0 Å². The van der Waals surface area contributed by atoms with Crippen molar-refractivity contribution in [2.45, 2.75) is 63.8 Å². The number of aryl methyl sites for hydroxylation is 1. The van der Waals surface area contributed by atoms with Crippen LogP contribution in [0.1, 0.15) is 72.8 Å². The summed E-state index contributed by atoms with van der Waals surface area (Å²) in [4.78, 5) is 26.3. The highest BCUT2D eigenvalue weighted by atomic mass is 16.5. The molecule has 3 aliphatic rings. The lowest BCUT2D eigenvalue weighted by Gasteiger charge is -2.35. The molecule has 8 heteroatoms. The summed E-state index contributed by atoms with van der Waals surface area (Å²) >= 11 is 0. The van der Waals surface area contributed by atoms with Gasteiger partial charge in [0, 0.05) is 56.0 Å². The lowest BCUT2D eigenvalue weighted by molar-refractivity contribution is 0.0736. The molecule has 8 nitrogen and oxygen atoms in total.